The molecule has 0 radical (unpaired) electrons. The number of aryl methyl sites for hydroxylation is 2. The molecule has 2 aromatic heterocycles. The Morgan fingerprint density at radius 1 is 1.45 bits per heavy atom. The van der Waals surface area contributed by atoms with Gasteiger partial charge in [-0.3, -0.25) is 4.99 Å². The van der Waals surface area contributed by atoms with Crippen molar-refractivity contribution in [2.75, 3.05) is 13.1 Å². The molecule has 0 aromatic carbocycles. The van der Waals surface area contributed by atoms with Crippen LogP contribution < -0.4 is 11.1 Å². The molecule has 5 nitrogen and oxygen atoms in total. The van der Waals surface area contributed by atoms with Crippen LogP contribution in [0.5, 0.6) is 0 Å². The van der Waals surface area contributed by atoms with Crippen molar-refractivity contribution < 1.29 is 0 Å². The number of nitrogens with zero attached hydrogens (tertiary/aromatic N) is 3. The zero-order valence-corrected chi connectivity index (χ0v) is 16.0. The summed E-state index contributed by atoms with van der Waals surface area (Å²) in [7, 11) is 0. The minimum atomic E-state index is 0. The number of aliphatic imine (C=N–C) groups is 1. The molecule has 0 saturated heterocycles. The predicted octanol–water partition coefficient (Wildman–Crippen LogP) is 2.80. The van der Waals surface area contributed by atoms with Crippen molar-refractivity contribution in [3.05, 3.63) is 40.6 Å². The minimum Gasteiger partial charge on any atom is -0.370 e. The summed E-state index contributed by atoms with van der Waals surface area (Å²) in [6, 6.07) is 4.21. The molecule has 3 N–H and O–H groups in total. The molecule has 0 aliphatic rings. The molecule has 122 valence electrons. The van der Waals surface area contributed by atoms with Crippen molar-refractivity contribution in [3.63, 3.8) is 0 Å². The van der Waals surface area contributed by atoms with Gasteiger partial charge in [0.2, 0.25) is 0 Å². The summed E-state index contributed by atoms with van der Waals surface area (Å²) >= 11 is 1.77. The summed E-state index contributed by atoms with van der Waals surface area (Å²) in [5, 5.41) is 5.25. The normalized spacial score (nSPS) is 11.2. The number of rotatable bonds is 8. The summed E-state index contributed by atoms with van der Waals surface area (Å²) in [6.45, 7) is 4.62. The predicted molar refractivity (Wildman–Crippen MR) is 104 cm³/mol. The maximum atomic E-state index is 5.84. The van der Waals surface area contributed by atoms with Gasteiger partial charge in [-0.05, 0) is 37.6 Å². The summed E-state index contributed by atoms with van der Waals surface area (Å²) in [4.78, 5) is 9.92. The number of guanidine groups is 1. The quantitative estimate of drug-likeness (QED) is 0.291. The molecule has 22 heavy (non-hydrogen) atoms. The maximum Gasteiger partial charge on any atom is 0.188 e. The molecule has 0 spiro atoms. The highest BCUT2D eigenvalue weighted by Crippen LogP contribution is 2.07. The van der Waals surface area contributed by atoms with Gasteiger partial charge in [-0.1, -0.05) is 6.07 Å². The Morgan fingerprint density at radius 2 is 2.32 bits per heavy atom. The summed E-state index contributed by atoms with van der Waals surface area (Å²) in [5.74, 6) is 1.61. The largest absolute Gasteiger partial charge is 0.370 e. The zero-order chi connectivity index (χ0) is 14.9. The van der Waals surface area contributed by atoms with Gasteiger partial charge in [-0.25, -0.2) is 4.98 Å². The van der Waals surface area contributed by atoms with Crippen LogP contribution in [0.3, 0.4) is 0 Å². The number of nitrogens with two attached hydrogens (primary N) is 1. The molecule has 0 aliphatic carbocycles. The Labute approximate surface area is 153 Å². The Hall–Kier alpha value is -1.09. The number of hydrogen-bond donors (Lipinski definition) is 2. The third-order valence-corrected chi connectivity index (χ3v) is 4.21. The van der Waals surface area contributed by atoms with Crippen LogP contribution in [-0.4, -0.2) is 28.6 Å². The van der Waals surface area contributed by atoms with Crippen molar-refractivity contribution in [2.45, 2.75) is 32.7 Å². The molecule has 0 saturated carbocycles. The number of unbranched alkanes of at least 4 members (excludes halogenated alkanes) is 1. The van der Waals surface area contributed by atoms with Crippen LogP contribution >= 0.6 is 35.3 Å². The van der Waals surface area contributed by atoms with Gasteiger partial charge in [0.1, 0.15) is 5.82 Å². The number of hydrogen-bond acceptors (Lipinski definition) is 3. The summed E-state index contributed by atoms with van der Waals surface area (Å²) < 4.78 is 2.16. The molecule has 0 unspecified atom stereocenters. The number of aromatic nitrogens is 2. The van der Waals surface area contributed by atoms with Gasteiger partial charge in [0, 0.05) is 36.9 Å². The lowest BCUT2D eigenvalue weighted by Crippen LogP contribution is -2.33. The highest BCUT2D eigenvalue weighted by molar-refractivity contribution is 14.0. The zero-order valence-electron chi connectivity index (χ0n) is 12.9. The molecule has 0 bridgehead atoms. The first-order valence-corrected chi connectivity index (χ1v) is 8.17. The topological polar surface area (TPSA) is 68.2 Å². The standard InChI is InChI=1S/C15H23N5S.HI/c1-13-17-9-11-20(13)10-3-2-7-18-15(16)19-8-6-14-5-4-12-21-14;/h4-5,9,11-12H,2-3,6-8,10H2,1H3,(H3,16,18,19);1H. The van der Waals surface area contributed by atoms with Crippen LogP contribution in [0.1, 0.15) is 23.5 Å². The fourth-order valence-electron chi connectivity index (χ4n) is 2.06. The van der Waals surface area contributed by atoms with Crippen LogP contribution in [0, 0.1) is 6.92 Å². The maximum absolute atomic E-state index is 5.84. The molecule has 2 aromatic rings. The minimum absolute atomic E-state index is 0. The van der Waals surface area contributed by atoms with Crippen LogP contribution in [0.15, 0.2) is 34.9 Å². The Morgan fingerprint density at radius 3 is 3.00 bits per heavy atom. The first kappa shape index (κ1) is 19.0. The lowest BCUT2D eigenvalue weighted by Gasteiger charge is -2.05. The van der Waals surface area contributed by atoms with E-state index in [1.54, 1.807) is 11.3 Å². The van der Waals surface area contributed by atoms with Gasteiger partial charge in [-0.15, -0.1) is 35.3 Å². The smallest absolute Gasteiger partial charge is 0.188 e. The van der Waals surface area contributed by atoms with Crippen molar-refractivity contribution in [3.8, 4) is 0 Å². The van der Waals surface area contributed by atoms with Crippen LogP contribution in [0.4, 0.5) is 0 Å². The van der Waals surface area contributed by atoms with E-state index in [9.17, 15) is 0 Å². The second-order valence-electron chi connectivity index (χ2n) is 4.90. The Kier molecular flexibility index (Phi) is 9.14. The van der Waals surface area contributed by atoms with Crippen LogP contribution in [0.25, 0.3) is 0 Å². The van der Waals surface area contributed by atoms with E-state index in [1.165, 1.54) is 4.88 Å². The molecule has 7 heteroatoms. The molecule has 0 atom stereocenters. The third-order valence-electron chi connectivity index (χ3n) is 3.27. The Balaban J connectivity index is 0.00000242. The van der Waals surface area contributed by atoms with E-state index in [-0.39, 0.29) is 24.0 Å². The van der Waals surface area contributed by atoms with Crippen molar-refractivity contribution in [2.24, 2.45) is 10.7 Å². The van der Waals surface area contributed by atoms with Gasteiger partial charge >= 0.3 is 0 Å². The van der Waals surface area contributed by atoms with E-state index < -0.39 is 0 Å². The van der Waals surface area contributed by atoms with Gasteiger partial charge in [0.05, 0.1) is 0 Å². The first-order chi connectivity index (χ1) is 10.3. The molecule has 2 rings (SSSR count). The highest BCUT2D eigenvalue weighted by Gasteiger charge is 1.97. The highest BCUT2D eigenvalue weighted by atomic mass is 127. The summed E-state index contributed by atoms with van der Waals surface area (Å²) in [5.41, 5.74) is 5.84. The van der Waals surface area contributed by atoms with E-state index in [0.29, 0.717) is 5.96 Å². The van der Waals surface area contributed by atoms with E-state index in [2.05, 4.69) is 37.4 Å². The lowest BCUT2D eigenvalue weighted by atomic mass is 10.3. The lowest BCUT2D eigenvalue weighted by molar-refractivity contribution is 0.601. The monoisotopic (exact) mass is 433 g/mol. The molecule has 0 amide bonds. The van der Waals surface area contributed by atoms with Crippen LogP contribution in [-0.2, 0) is 13.0 Å². The molecule has 0 aliphatic heterocycles. The first-order valence-electron chi connectivity index (χ1n) is 7.29. The summed E-state index contributed by atoms with van der Waals surface area (Å²) in [6.07, 6.45) is 6.96. The fraction of sp³-hybridized carbons (Fsp3) is 0.467. The van der Waals surface area contributed by atoms with E-state index in [4.69, 9.17) is 5.73 Å². The number of halogens is 1. The van der Waals surface area contributed by atoms with Crippen molar-refractivity contribution in [1.82, 2.24) is 14.9 Å². The Bertz CT molecular complexity index is 550. The van der Waals surface area contributed by atoms with Gasteiger partial charge in [0.15, 0.2) is 5.96 Å². The number of imidazole rings is 1. The van der Waals surface area contributed by atoms with E-state index in [1.807, 2.05) is 19.3 Å². The van der Waals surface area contributed by atoms with Gasteiger partial charge in [-0.2, -0.15) is 0 Å². The average Bonchev–Trinajstić information content (AvgIpc) is 3.11. The average molecular weight is 433 g/mol. The SMILES string of the molecule is Cc1nccn1CCCCN=C(N)NCCc1cccs1.I. The van der Waals surface area contributed by atoms with E-state index >= 15 is 0 Å². The van der Waals surface area contributed by atoms with E-state index in [0.717, 1.165) is 44.7 Å². The molecular weight excluding hydrogens is 409 g/mol. The van der Waals surface area contributed by atoms with Gasteiger partial charge < -0.3 is 15.6 Å². The van der Waals surface area contributed by atoms with Crippen LogP contribution in [0.2, 0.25) is 0 Å². The second-order valence-corrected chi connectivity index (χ2v) is 5.93. The molecule has 2 heterocycles. The third kappa shape index (κ3) is 6.78. The number of thiophene rings is 1. The second kappa shape index (κ2) is 10.6. The van der Waals surface area contributed by atoms with Crippen molar-refractivity contribution >= 4 is 41.3 Å². The molecule has 0 fully saturated rings. The van der Waals surface area contributed by atoms with Crippen molar-refractivity contribution in [1.29, 1.82) is 0 Å². The van der Waals surface area contributed by atoms with Gasteiger partial charge in [0.25, 0.3) is 0 Å². The molecular formula is C15H24IN5S. The fourth-order valence-corrected chi connectivity index (χ4v) is 2.77. The number of nitrogens with one attached hydrogen (secondary N) is 1.